The summed E-state index contributed by atoms with van der Waals surface area (Å²) in [5.41, 5.74) is 3.09. The number of nitrogens with zero attached hydrogens (tertiary/aromatic N) is 3. The molecule has 0 saturated carbocycles. The monoisotopic (exact) mass is 448 g/mol. The largest absolute Gasteiger partial charge is 0.492 e. The van der Waals surface area contributed by atoms with Gasteiger partial charge in [-0.25, -0.2) is 0 Å². The normalized spacial score (nSPS) is 17.6. The molecule has 0 aliphatic carbocycles. The molecule has 32 heavy (non-hydrogen) atoms. The van der Waals surface area contributed by atoms with Crippen molar-refractivity contribution in [3.8, 4) is 5.75 Å². The van der Waals surface area contributed by atoms with E-state index < -0.39 is 0 Å². The highest BCUT2D eigenvalue weighted by molar-refractivity contribution is 8.00. The van der Waals surface area contributed by atoms with Crippen LogP contribution in [0.2, 0.25) is 0 Å². The number of para-hydroxylation sites is 1. The Morgan fingerprint density at radius 2 is 1.88 bits per heavy atom. The van der Waals surface area contributed by atoms with Gasteiger partial charge in [0.25, 0.3) is 0 Å². The topological polar surface area (TPSA) is 57.7 Å². The Balaban J connectivity index is 1.09. The minimum Gasteiger partial charge on any atom is -0.492 e. The maximum atomic E-state index is 11.5. The fraction of sp³-hybridized carbons (Fsp3) is 0.360. The van der Waals surface area contributed by atoms with Crippen LogP contribution in [0.15, 0.2) is 59.5 Å². The molecule has 1 fully saturated rings. The van der Waals surface area contributed by atoms with Crippen LogP contribution >= 0.6 is 11.8 Å². The number of nitrogens with one attached hydrogen (secondary N) is 1. The minimum absolute atomic E-state index is 0.0581. The van der Waals surface area contributed by atoms with E-state index in [2.05, 4.69) is 45.4 Å². The molecule has 0 spiro atoms. The van der Waals surface area contributed by atoms with Gasteiger partial charge in [0.1, 0.15) is 12.4 Å². The number of aromatic nitrogens is 1. The van der Waals surface area contributed by atoms with E-state index in [0.29, 0.717) is 12.4 Å². The molecule has 6 nitrogen and oxygen atoms in total. The Hall–Kier alpha value is -2.61. The number of ether oxygens (including phenoxy) is 1. The average molecular weight is 449 g/mol. The van der Waals surface area contributed by atoms with Gasteiger partial charge < -0.3 is 10.1 Å². The summed E-state index contributed by atoms with van der Waals surface area (Å²) in [4.78, 5) is 22.4. The van der Waals surface area contributed by atoms with Gasteiger partial charge in [-0.05, 0) is 49.8 Å². The lowest BCUT2D eigenvalue weighted by Crippen LogP contribution is -2.33. The molecule has 2 aliphatic rings. The summed E-state index contributed by atoms with van der Waals surface area (Å²) < 4.78 is 6.01. The molecule has 2 aliphatic heterocycles. The molecule has 0 bridgehead atoms. The van der Waals surface area contributed by atoms with Crippen molar-refractivity contribution in [3.05, 3.63) is 60.3 Å². The van der Waals surface area contributed by atoms with Crippen LogP contribution in [0.4, 0.5) is 5.69 Å². The molecule has 1 aromatic heterocycles. The van der Waals surface area contributed by atoms with Crippen molar-refractivity contribution < 1.29 is 9.53 Å². The smallest absolute Gasteiger partial charge is 0.234 e. The third-order valence-corrected chi connectivity index (χ3v) is 7.04. The number of amides is 1. The molecule has 3 aromatic rings. The Morgan fingerprint density at radius 3 is 2.84 bits per heavy atom. The molecule has 166 valence electrons. The van der Waals surface area contributed by atoms with E-state index in [1.165, 1.54) is 5.39 Å². The van der Waals surface area contributed by atoms with Crippen LogP contribution in [0.5, 0.6) is 5.75 Å². The number of carbonyl (C=O) groups is 1. The van der Waals surface area contributed by atoms with Crippen molar-refractivity contribution in [2.45, 2.75) is 17.9 Å². The Morgan fingerprint density at radius 1 is 1.00 bits per heavy atom. The highest BCUT2D eigenvalue weighted by Crippen LogP contribution is 2.34. The van der Waals surface area contributed by atoms with Gasteiger partial charge in [-0.1, -0.05) is 24.3 Å². The van der Waals surface area contributed by atoms with Gasteiger partial charge >= 0.3 is 0 Å². The zero-order valence-corrected chi connectivity index (χ0v) is 18.9. The first kappa shape index (κ1) is 21.2. The second-order valence-corrected chi connectivity index (χ2v) is 9.33. The third-order valence-electron chi connectivity index (χ3n) is 5.99. The molecule has 5 rings (SSSR count). The SMILES string of the molecule is O=C1CSc2cc(OCCN3CCCN(Cc4ccc5ccccc5n4)CC3)ccc2N1. The lowest BCUT2D eigenvalue weighted by atomic mass is 10.2. The molecule has 0 radical (unpaired) electrons. The van der Waals surface area contributed by atoms with Crippen LogP contribution in [-0.4, -0.2) is 65.8 Å². The summed E-state index contributed by atoms with van der Waals surface area (Å²) in [5, 5.41) is 4.09. The van der Waals surface area contributed by atoms with Gasteiger partial charge in [-0.15, -0.1) is 11.8 Å². The molecule has 0 unspecified atom stereocenters. The number of hydrogen-bond donors (Lipinski definition) is 1. The fourth-order valence-corrected chi connectivity index (χ4v) is 5.10. The quantitative estimate of drug-likeness (QED) is 0.618. The first-order chi connectivity index (χ1) is 15.7. The second-order valence-electron chi connectivity index (χ2n) is 8.31. The molecule has 2 aromatic carbocycles. The maximum absolute atomic E-state index is 11.5. The summed E-state index contributed by atoms with van der Waals surface area (Å²) >= 11 is 1.56. The predicted molar refractivity (Wildman–Crippen MR) is 129 cm³/mol. The van der Waals surface area contributed by atoms with Crippen LogP contribution in [0.1, 0.15) is 12.1 Å². The van der Waals surface area contributed by atoms with E-state index in [-0.39, 0.29) is 5.91 Å². The molecule has 1 saturated heterocycles. The average Bonchev–Trinajstić information content (AvgIpc) is 3.04. The van der Waals surface area contributed by atoms with Crippen LogP contribution < -0.4 is 10.1 Å². The van der Waals surface area contributed by atoms with Crippen LogP contribution in [0.25, 0.3) is 10.9 Å². The van der Waals surface area contributed by atoms with E-state index in [1.807, 2.05) is 24.3 Å². The van der Waals surface area contributed by atoms with Crippen molar-refractivity contribution in [3.63, 3.8) is 0 Å². The summed E-state index contributed by atoms with van der Waals surface area (Å²) in [7, 11) is 0. The first-order valence-corrected chi connectivity index (χ1v) is 12.2. The molecule has 3 heterocycles. The van der Waals surface area contributed by atoms with Crippen molar-refractivity contribution in [2.24, 2.45) is 0 Å². The summed E-state index contributed by atoms with van der Waals surface area (Å²) in [5.74, 6) is 1.39. The molecule has 0 atom stereocenters. The van der Waals surface area contributed by atoms with Gasteiger partial charge in [0.2, 0.25) is 5.91 Å². The number of carbonyl (C=O) groups excluding carboxylic acids is 1. The number of thioether (sulfide) groups is 1. The van der Waals surface area contributed by atoms with E-state index in [0.717, 1.165) is 73.2 Å². The number of benzene rings is 2. The minimum atomic E-state index is 0.0581. The highest BCUT2D eigenvalue weighted by Gasteiger charge is 2.17. The number of rotatable bonds is 6. The Bertz CT molecular complexity index is 1110. The van der Waals surface area contributed by atoms with E-state index in [4.69, 9.17) is 9.72 Å². The van der Waals surface area contributed by atoms with Gasteiger partial charge in [0.15, 0.2) is 0 Å². The van der Waals surface area contributed by atoms with E-state index in [1.54, 1.807) is 11.8 Å². The van der Waals surface area contributed by atoms with Crippen molar-refractivity contribution in [1.82, 2.24) is 14.8 Å². The van der Waals surface area contributed by atoms with Gasteiger partial charge in [-0.2, -0.15) is 0 Å². The van der Waals surface area contributed by atoms with Gasteiger partial charge in [0.05, 0.1) is 22.7 Å². The fourth-order valence-electron chi connectivity index (χ4n) is 4.27. The zero-order chi connectivity index (χ0) is 21.8. The molecular formula is C25H28N4O2S. The third kappa shape index (κ3) is 5.23. The van der Waals surface area contributed by atoms with Crippen LogP contribution in [0.3, 0.4) is 0 Å². The molecule has 1 amide bonds. The zero-order valence-electron chi connectivity index (χ0n) is 18.1. The first-order valence-electron chi connectivity index (χ1n) is 11.2. The van der Waals surface area contributed by atoms with E-state index >= 15 is 0 Å². The predicted octanol–water partition coefficient (Wildman–Crippen LogP) is 3.87. The number of anilines is 1. The Labute approximate surface area is 192 Å². The highest BCUT2D eigenvalue weighted by atomic mass is 32.2. The van der Waals surface area contributed by atoms with Gasteiger partial charge in [-0.3, -0.25) is 19.6 Å². The molecule has 7 heteroatoms. The number of fused-ring (bicyclic) bond motifs is 2. The Kier molecular flexibility index (Phi) is 6.57. The van der Waals surface area contributed by atoms with Gasteiger partial charge in [0, 0.05) is 36.5 Å². The van der Waals surface area contributed by atoms with Crippen molar-refractivity contribution in [1.29, 1.82) is 0 Å². The number of pyridine rings is 1. The molecular weight excluding hydrogens is 420 g/mol. The number of hydrogen-bond acceptors (Lipinski definition) is 6. The lowest BCUT2D eigenvalue weighted by molar-refractivity contribution is -0.113. The van der Waals surface area contributed by atoms with Crippen LogP contribution in [0, 0.1) is 0 Å². The summed E-state index contributed by atoms with van der Waals surface area (Å²) in [6.45, 7) is 6.77. The van der Waals surface area contributed by atoms with Crippen molar-refractivity contribution in [2.75, 3.05) is 50.4 Å². The summed E-state index contributed by atoms with van der Waals surface area (Å²) in [6, 6.07) is 18.5. The molecule has 1 N–H and O–H groups in total. The second kappa shape index (κ2) is 9.90. The summed E-state index contributed by atoms with van der Waals surface area (Å²) in [6.07, 6.45) is 1.16. The lowest BCUT2D eigenvalue weighted by Gasteiger charge is -2.22. The van der Waals surface area contributed by atoms with E-state index in [9.17, 15) is 4.79 Å². The van der Waals surface area contributed by atoms with Crippen molar-refractivity contribution >= 4 is 34.3 Å². The maximum Gasteiger partial charge on any atom is 0.234 e. The standard InChI is InChI=1S/C25H28N4O2S/c30-25-18-32-24-16-21(8-9-23(24)27-25)31-15-14-28-10-3-11-29(13-12-28)17-20-7-6-19-4-1-2-5-22(19)26-20/h1-2,4-9,16H,3,10-15,17-18H2,(H,27,30). The van der Waals surface area contributed by atoms with Crippen LogP contribution in [-0.2, 0) is 11.3 Å².